The van der Waals surface area contributed by atoms with Gasteiger partial charge in [0.05, 0.1) is 34.0 Å². The lowest BCUT2D eigenvalue weighted by molar-refractivity contribution is -0.384. The van der Waals surface area contributed by atoms with Crippen LogP contribution in [0.25, 0.3) is 20.8 Å². The Balaban J connectivity index is 0.930. The van der Waals surface area contributed by atoms with E-state index in [0.29, 0.717) is 90.1 Å². The number of ether oxygens (including phenoxy) is 10. The third kappa shape index (κ3) is 15.7. The van der Waals surface area contributed by atoms with Gasteiger partial charge in [0.1, 0.15) is 27.8 Å². The zero-order valence-corrected chi connectivity index (χ0v) is 42.4. The first-order valence-corrected chi connectivity index (χ1v) is 25.2. The lowest BCUT2D eigenvalue weighted by Crippen LogP contribution is -2.32. The fourth-order valence-electron chi connectivity index (χ4n) is 8.41. The summed E-state index contributed by atoms with van der Waals surface area (Å²) in [6.45, 7) is 8.70. The third-order valence-electron chi connectivity index (χ3n) is 12.6. The van der Waals surface area contributed by atoms with Gasteiger partial charge in [0.2, 0.25) is 20.4 Å². The van der Waals surface area contributed by atoms with Gasteiger partial charge in [-0.3, -0.25) is 24.5 Å². The molecule has 1 heterocycles. The fourth-order valence-corrected chi connectivity index (χ4v) is 9.54. The van der Waals surface area contributed by atoms with Crippen LogP contribution in [0.4, 0.5) is 5.69 Å². The minimum atomic E-state index is -1.11. The van der Waals surface area contributed by atoms with E-state index in [-0.39, 0.29) is 59.9 Å². The zero-order valence-electron chi connectivity index (χ0n) is 41.5. The number of fused-ring (bicyclic) bond motifs is 1. The average Bonchev–Trinajstić information content (AvgIpc) is 3.95. The van der Waals surface area contributed by atoms with Crippen LogP contribution < -0.4 is 28.4 Å². The van der Waals surface area contributed by atoms with Gasteiger partial charge in [0, 0.05) is 54.3 Å². The van der Waals surface area contributed by atoms with E-state index in [1.54, 1.807) is 48.5 Å². The molecule has 0 aliphatic heterocycles. The summed E-state index contributed by atoms with van der Waals surface area (Å²) in [7, 11) is 0. The lowest BCUT2D eigenvalue weighted by atomic mass is 9.81. The maximum absolute atomic E-state index is 13.8. The van der Waals surface area contributed by atoms with Crippen LogP contribution in [0, 0.1) is 33.8 Å². The van der Waals surface area contributed by atoms with Crippen LogP contribution in [-0.4, -0.2) is 84.1 Å². The Morgan fingerprint density at radius 1 is 0.623 bits per heavy atom. The monoisotopic (exact) mass is 1080 g/mol. The summed E-state index contributed by atoms with van der Waals surface area (Å²) in [5, 5.41) is 22.8. The predicted molar refractivity (Wildman–Crippen MR) is 273 cm³/mol. The number of hydrogen-bond donors (Lipinski definition) is 1. The molecule has 4 aromatic carbocycles. The average molecular weight is 1080 g/mol. The van der Waals surface area contributed by atoms with Crippen LogP contribution in [-0.2, 0) is 54.1 Å². The number of nitro benzene ring substituents is 1. The van der Waals surface area contributed by atoms with E-state index >= 15 is 0 Å². The standard InChI is InChI=1S/C55H54N2O19S/c1-4-46(58)71-30-68-40-20-22-41(23-21-40)74-53(62)36-9-7-35(8-10-36)52(61)67-28-27-33-17-25-44(49-50(33)77-51(56-49)34-15-18-39(19-16-34)57(65)66)76-55(64)38-13-11-37(12-14-38)54(63)75-42-24-26-43(69-31-72-47(59)5-2)45(29-42)70-32-73-48(60)6-3/h4-6,15-26,29,35-38,53,62H,1-3,7-14,27-28,30-32H2. The number of esters is 6. The van der Waals surface area contributed by atoms with Crippen LogP contribution in [0.5, 0.6) is 34.5 Å². The molecule has 0 spiro atoms. The topological polar surface area (TPSA) is 271 Å². The Morgan fingerprint density at radius 2 is 1.14 bits per heavy atom. The number of carbonyl (C=O) groups excluding carboxylic acids is 6. The minimum Gasteiger partial charge on any atom is -0.465 e. The van der Waals surface area contributed by atoms with Gasteiger partial charge in [0.15, 0.2) is 23.5 Å². The van der Waals surface area contributed by atoms with Gasteiger partial charge in [-0.15, -0.1) is 11.3 Å². The molecule has 0 saturated heterocycles. The van der Waals surface area contributed by atoms with Crippen LogP contribution in [0.2, 0.25) is 0 Å². The Labute approximate surface area is 445 Å². The van der Waals surface area contributed by atoms with Crippen molar-refractivity contribution in [3.8, 4) is 45.1 Å². The van der Waals surface area contributed by atoms with E-state index in [1.165, 1.54) is 41.7 Å². The second-order valence-corrected chi connectivity index (χ2v) is 18.5. The van der Waals surface area contributed by atoms with Gasteiger partial charge >= 0.3 is 35.8 Å². The number of benzene rings is 4. The zero-order chi connectivity index (χ0) is 54.8. The summed E-state index contributed by atoms with van der Waals surface area (Å²) in [6, 6.07) is 20.0. The Kier molecular flexibility index (Phi) is 19.9. The molecule has 1 atom stereocenters. The third-order valence-corrected chi connectivity index (χ3v) is 13.8. The van der Waals surface area contributed by atoms with Crippen molar-refractivity contribution in [2.75, 3.05) is 27.0 Å². The summed E-state index contributed by atoms with van der Waals surface area (Å²) >= 11 is 1.30. The SMILES string of the molecule is C=CC(=O)OCOc1ccc(OC(O)C2CCC(C(=O)OCCc3ccc(OC(=O)C4CCC(C(=O)Oc5ccc(OCOC(=O)C=C)c(OCOC(=O)C=C)c5)CC4)c4nc(-c5ccc([N+](=O)[O-])cc5)sc34)CC2)cc1. The Bertz CT molecular complexity index is 2960. The Morgan fingerprint density at radius 3 is 1.74 bits per heavy atom. The number of aliphatic hydroxyl groups excluding tert-OH is 1. The number of hydrogen-bond acceptors (Lipinski definition) is 21. The van der Waals surface area contributed by atoms with Gasteiger partial charge in [-0.25, -0.2) is 19.4 Å². The number of rotatable bonds is 25. The molecular formula is C55H54N2O19S. The van der Waals surface area contributed by atoms with Crippen molar-refractivity contribution < 1.29 is 86.2 Å². The molecule has 0 radical (unpaired) electrons. The minimum absolute atomic E-state index is 0.0106. The molecule has 0 amide bonds. The molecule has 5 aromatic rings. The van der Waals surface area contributed by atoms with E-state index in [0.717, 1.165) is 23.8 Å². The largest absolute Gasteiger partial charge is 0.465 e. The summed E-state index contributed by atoms with van der Waals surface area (Å²) < 4.78 is 54.8. The smallest absolute Gasteiger partial charge is 0.333 e. The fraction of sp³-hybridized carbons (Fsp3) is 0.327. The van der Waals surface area contributed by atoms with Crippen LogP contribution in [0.15, 0.2) is 117 Å². The van der Waals surface area contributed by atoms with Gasteiger partial charge in [-0.2, -0.15) is 0 Å². The van der Waals surface area contributed by atoms with E-state index in [1.807, 2.05) is 0 Å². The molecule has 7 rings (SSSR count). The van der Waals surface area contributed by atoms with Crippen molar-refractivity contribution in [3.63, 3.8) is 0 Å². The number of carbonyl (C=O) groups is 6. The van der Waals surface area contributed by atoms with Crippen LogP contribution >= 0.6 is 11.3 Å². The molecule has 1 unspecified atom stereocenters. The first-order chi connectivity index (χ1) is 37.2. The molecule has 0 bridgehead atoms. The molecule has 22 heteroatoms. The number of nitro groups is 1. The summed E-state index contributed by atoms with van der Waals surface area (Å²) in [4.78, 5) is 90.4. The molecule has 21 nitrogen and oxygen atoms in total. The maximum atomic E-state index is 13.8. The van der Waals surface area contributed by atoms with Gasteiger partial charge in [-0.1, -0.05) is 25.8 Å². The van der Waals surface area contributed by atoms with E-state index in [4.69, 9.17) is 52.4 Å². The summed E-state index contributed by atoms with van der Waals surface area (Å²) in [6.07, 6.45) is 5.43. The van der Waals surface area contributed by atoms with Crippen molar-refractivity contribution in [1.82, 2.24) is 4.98 Å². The predicted octanol–water partition coefficient (Wildman–Crippen LogP) is 8.67. The highest BCUT2D eigenvalue weighted by molar-refractivity contribution is 7.21. The van der Waals surface area contributed by atoms with E-state index in [9.17, 15) is 44.0 Å². The highest BCUT2D eigenvalue weighted by atomic mass is 32.1. The van der Waals surface area contributed by atoms with E-state index < -0.39 is 66.5 Å². The number of non-ortho nitro benzene ring substituents is 1. The summed E-state index contributed by atoms with van der Waals surface area (Å²) in [5.74, 6) is -3.98. The van der Waals surface area contributed by atoms with E-state index in [2.05, 4.69) is 19.7 Å². The molecule has 77 heavy (non-hydrogen) atoms. The normalized spacial score (nSPS) is 17.3. The summed E-state index contributed by atoms with van der Waals surface area (Å²) in [5.41, 5.74) is 1.65. The van der Waals surface area contributed by atoms with Crippen LogP contribution in [0.3, 0.4) is 0 Å². The van der Waals surface area contributed by atoms with Crippen molar-refractivity contribution in [2.24, 2.45) is 23.7 Å². The van der Waals surface area contributed by atoms with Crippen molar-refractivity contribution in [1.29, 1.82) is 0 Å². The van der Waals surface area contributed by atoms with Gasteiger partial charge < -0.3 is 52.5 Å². The second-order valence-electron chi connectivity index (χ2n) is 17.5. The first kappa shape index (κ1) is 56.1. The maximum Gasteiger partial charge on any atom is 0.333 e. The molecule has 404 valence electrons. The first-order valence-electron chi connectivity index (χ1n) is 24.3. The van der Waals surface area contributed by atoms with Crippen molar-refractivity contribution in [2.45, 2.75) is 64.1 Å². The number of aromatic nitrogens is 1. The molecule has 2 aliphatic rings. The number of nitrogens with zero attached hydrogens (tertiary/aromatic N) is 2. The van der Waals surface area contributed by atoms with Crippen LogP contribution in [0.1, 0.15) is 56.9 Å². The number of aliphatic hydroxyl groups is 1. The molecule has 1 N–H and O–H groups in total. The van der Waals surface area contributed by atoms with Gasteiger partial charge in [-0.05, 0) is 112 Å². The quantitative estimate of drug-likeness (QED) is 0.0109. The van der Waals surface area contributed by atoms with Crippen molar-refractivity contribution in [3.05, 3.63) is 133 Å². The molecule has 1 aromatic heterocycles. The van der Waals surface area contributed by atoms with Gasteiger partial charge in [0.25, 0.3) is 5.69 Å². The number of thiazole rings is 1. The lowest BCUT2D eigenvalue weighted by Gasteiger charge is -2.30. The molecule has 2 aliphatic carbocycles. The second kappa shape index (κ2) is 27.2. The molecular weight excluding hydrogens is 1020 g/mol. The van der Waals surface area contributed by atoms with Crippen molar-refractivity contribution >= 4 is 63.1 Å². The highest BCUT2D eigenvalue weighted by Crippen LogP contribution is 2.40. The molecule has 2 fully saturated rings. The molecule has 2 saturated carbocycles. The highest BCUT2D eigenvalue weighted by Gasteiger charge is 2.34. The Hall–Kier alpha value is -8.63.